The van der Waals surface area contributed by atoms with Gasteiger partial charge in [-0.3, -0.25) is 19.2 Å². The zero-order valence-corrected chi connectivity index (χ0v) is 16.2. The van der Waals surface area contributed by atoms with E-state index < -0.39 is 35.0 Å². The number of allylic oxidation sites excluding steroid dienone is 2. The maximum Gasteiger partial charge on any atom is 0.308 e. The molecule has 156 valence electrons. The number of hydrogen-bond donors (Lipinski definition) is 2. The fraction of sp³-hybridized carbons (Fsp3) is 0.0909. The molecule has 0 saturated carbocycles. The molecule has 9 heteroatoms. The summed E-state index contributed by atoms with van der Waals surface area (Å²) in [5.41, 5.74) is -0.170. The lowest BCUT2D eigenvalue weighted by atomic mass is 9.88. The summed E-state index contributed by atoms with van der Waals surface area (Å²) in [5, 5.41) is 19.8. The van der Waals surface area contributed by atoms with E-state index in [1.54, 1.807) is 0 Å². The third-order valence-corrected chi connectivity index (χ3v) is 4.52. The number of furan rings is 1. The molecule has 1 heterocycles. The largest absolute Gasteiger partial charge is 0.508 e. The molecule has 2 aromatic carbocycles. The zero-order valence-electron chi connectivity index (χ0n) is 16.2. The van der Waals surface area contributed by atoms with Crippen molar-refractivity contribution in [1.82, 2.24) is 0 Å². The number of phenols is 2. The van der Waals surface area contributed by atoms with E-state index in [4.69, 9.17) is 13.9 Å². The molecule has 31 heavy (non-hydrogen) atoms. The number of fused-ring (bicyclic) bond motifs is 3. The number of ether oxygens (including phenoxy) is 2. The monoisotopic (exact) mass is 422 g/mol. The van der Waals surface area contributed by atoms with E-state index >= 15 is 0 Å². The van der Waals surface area contributed by atoms with Crippen molar-refractivity contribution in [3.05, 3.63) is 59.0 Å². The highest BCUT2D eigenvalue weighted by atomic mass is 16.5. The first-order chi connectivity index (χ1) is 14.7. The smallest absolute Gasteiger partial charge is 0.308 e. The van der Waals surface area contributed by atoms with Crippen molar-refractivity contribution >= 4 is 40.0 Å². The molecular weight excluding hydrogens is 408 g/mol. The Bertz CT molecular complexity index is 1320. The number of hydrogen-bond acceptors (Lipinski definition) is 9. The van der Waals surface area contributed by atoms with E-state index in [0.717, 1.165) is 19.9 Å². The predicted molar refractivity (Wildman–Crippen MR) is 105 cm³/mol. The number of esters is 2. The van der Waals surface area contributed by atoms with Gasteiger partial charge in [-0.2, -0.15) is 0 Å². The van der Waals surface area contributed by atoms with Crippen molar-refractivity contribution in [2.75, 3.05) is 0 Å². The second kappa shape index (κ2) is 7.13. The summed E-state index contributed by atoms with van der Waals surface area (Å²) in [5.74, 6) is -4.58. The summed E-state index contributed by atoms with van der Waals surface area (Å²) in [4.78, 5) is 49.3. The van der Waals surface area contributed by atoms with Gasteiger partial charge in [-0.05, 0) is 23.8 Å². The number of aromatic hydroxyl groups is 2. The lowest BCUT2D eigenvalue weighted by molar-refractivity contribution is -0.136. The van der Waals surface area contributed by atoms with Crippen LogP contribution in [-0.4, -0.2) is 33.7 Å². The summed E-state index contributed by atoms with van der Waals surface area (Å²) < 4.78 is 15.6. The Hall–Kier alpha value is -4.40. The Labute approximate surface area is 174 Å². The third-order valence-electron chi connectivity index (χ3n) is 4.52. The number of carbonyl (C=O) groups is 4. The van der Waals surface area contributed by atoms with Crippen LogP contribution in [0.2, 0.25) is 0 Å². The Morgan fingerprint density at radius 3 is 2.16 bits per heavy atom. The lowest BCUT2D eigenvalue weighted by Gasteiger charge is -2.17. The summed E-state index contributed by atoms with van der Waals surface area (Å²) in [6.45, 7) is 2.22. The highest BCUT2D eigenvalue weighted by Crippen LogP contribution is 2.42. The Morgan fingerprint density at radius 2 is 1.55 bits per heavy atom. The van der Waals surface area contributed by atoms with Crippen LogP contribution in [0.3, 0.4) is 0 Å². The lowest BCUT2D eigenvalue weighted by Crippen LogP contribution is -2.23. The maximum atomic E-state index is 13.3. The van der Waals surface area contributed by atoms with Gasteiger partial charge >= 0.3 is 11.9 Å². The van der Waals surface area contributed by atoms with E-state index in [9.17, 15) is 29.4 Å². The number of Topliss-reactive ketones (excluding diaryl/α,β-unsaturated/α-hetero) is 2. The van der Waals surface area contributed by atoms with Crippen molar-refractivity contribution in [3.8, 4) is 17.2 Å². The van der Waals surface area contributed by atoms with Crippen LogP contribution in [0.1, 0.15) is 40.3 Å². The molecule has 0 unspecified atom stereocenters. The number of carbonyl (C=O) groups excluding carboxylic acids is 4. The molecule has 2 N–H and O–H groups in total. The molecule has 0 bridgehead atoms. The SMILES string of the molecule is CC(=O)OC1=C(c2ccc(O)cc2)C(=O)c2oc3cc(OC(C)=O)c(O)cc3c2C1=O. The molecule has 0 aliphatic heterocycles. The molecule has 0 atom stereocenters. The van der Waals surface area contributed by atoms with E-state index in [-0.39, 0.29) is 44.9 Å². The maximum absolute atomic E-state index is 13.3. The normalized spacial score (nSPS) is 13.4. The molecular formula is C22H14O9. The van der Waals surface area contributed by atoms with E-state index in [1.807, 2.05) is 0 Å². The highest BCUT2D eigenvalue weighted by molar-refractivity contribution is 6.41. The molecule has 0 radical (unpaired) electrons. The van der Waals surface area contributed by atoms with Crippen LogP contribution < -0.4 is 4.74 Å². The molecule has 1 aromatic heterocycles. The topological polar surface area (TPSA) is 140 Å². The summed E-state index contributed by atoms with van der Waals surface area (Å²) in [6, 6.07) is 7.69. The van der Waals surface area contributed by atoms with Gasteiger partial charge in [0.05, 0.1) is 11.1 Å². The molecule has 9 nitrogen and oxygen atoms in total. The van der Waals surface area contributed by atoms with Crippen molar-refractivity contribution in [2.45, 2.75) is 13.8 Å². The summed E-state index contributed by atoms with van der Waals surface area (Å²) in [6.07, 6.45) is 0. The van der Waals surface area contributed by atoms with Crippen LogP contribution in [0, 0.1) is 0 Å². The van der Waals surface area contributed by atoms with Crippen molar-refractivity contribution in [3.63, 3.8) is 0 Å². The van der Waals surface area contributed by atoms with Gasteiger partial charge in [0.15, 0.2) is 23.0 Å². The number of rotatable bonds is 3. The first kappa shape index (κ1) is 19.9. The fourth-order valence-electron chi connectivity index (χ4n) is 3.31. The van der Waals surface area contributed by atoms with Gasteiger partial charge in [0.2, 0.25) is 11.6 Å². The average molecular weight is 422 g/mol. The van der Waals surface area contributed by atoms with Gasteiger partial charge in [-0.15, -0.1) is 0 Å². The molecule has 1 aliphatic carbocycles. The zero-order chi connectivity index (χ0) is 22.4. The first-order valence-corrected chi connectivity index (χ1v) is 8.96. The van der Waals surface area contributed by atoms with Crippen LogP contribution in [0.4, 0.5) is 0 Å². The molecule has 0 amide bonds. The van der Waals surface area contributed by atoms with Gasteiger partial charge in [-0.1, -0.05) is 12.1 Å². The minimum atomic E-state index is -0.816. The first-order valence-electron chi connectivity index (χ1n) is 8.96. The molecule has 0 saturated heterocycles. The van der Waals surface area contributed by atoms with Crippen LogP contribution >= 0.6 is 0 Å². The van der Waals surface area contributed by atoms with Crippen molar-refractivity contribution in [2.24, 2.45) is 0 Å². The highest BCUT2D eigenvalue weighted by Gasteiger charge is 2.40. The standard InChI is InChI=1S/C22H14O9/c1-9(23)29-16-8-15-13(7-14(16)26)18-20(28)21(30-10(2)24)17(19(27)22(18)31-15)11-3-5-12(25)6-4-11/h3-8,25-26H,1-2H3. The van der Waals surface area contributed by atoms with Gasteiger partial charge in [-0.25, -0.2) is 0 Å². The number of benzene rings is 2. The van der Waals surface area contributed by atoms with Crippen LogP contribution in [-0.2, 0) is 14.3 Å². The average Bonchev–Trinajstić information content (AvgIpc) is 3.05. The molecule has 4 rings (SSSR count). The second-order valence-electron chi connectivity index (χ2n) is 6.72. The number of ketones is 2. The van der Waals surface area contributed by atoms with Gasteiger partial charge in [0, 0.05) is 25.3 Å². The quantitative estimate of drug-likeness (QED) is 0.481. The van der Waals surface area contributed by atoms with E-state index in [0.29, 0.717) is 0 Å². The van der Waals surface area contributed by atoms with Gasteiger partial charge in [0.1, 0.15) is 11.3 Å². The number of phenolic OH excluding ortho intramolecular Hbond substituents is 2. The summed E-state index contributed by atoms with van der Waals surface area (Å²) in [7, 11) is 0. The minimum Gasteiger partial charge on any atom is -0.508 e. The van der Waals surface area contributed by atoms with E-state index in [1.165, 1.54) is 30.3 Å². The van der Waals surface area contributed by atoms with Gasteiger partial charge in [0.25, 0.3) is 0 Å². The Balaban J connectivity index is 1.95. The van der Waals surface area contributed by atoms with Crippen molar-refractivity contribution < 1.29 is 43.3 Å². The second-order valence-corrected chi connectivity index (χ2v) is 6.72. The Kier molecular flexibility index (Phi) is 4.58. The van der Waals surface area contributed by atoms with Crippen LogP contribution in [0.15, 0.2) is 46.6 Å². The minimum absolute atomic E-state index is 0.00915. The molecule has 0 fully saturated rings. The van der Waals surface area contributed by atoms with Crippen LogP contribution in [0.5, 0.6) is 17.2 Å². The predicted octanol–water partition coefficient (Wildman–Crippen LogP) is 3.12. The van der Waals surface area contributed by atoms with Gasteiger partial charge < -0.3 is 24.1 Å². The summed E-state index contributed by atoms with van der Waals surface area (Å²) >= 11 is 0. The molecule has 1 aliphatic rings. The molecule has 3 aromatic rings. The van der Waals surface area contributed by atoms with E-state index in [2.05, 4.69) is 0 Å². The van der Waals surface area contributed by atoms with Crippen LogP contribution in [0.25, 0.3) is 16.5 Å². The fourth-order valence-corrected chi connectivity index (χ4v) is 3.31. The molecule has 0 spiro atoms. The Morgan fingerprint density at radius 1 is 0.903 bits per heavy atom. The van der Waals surface area contributed by atoms with Crippen molar-refractivity contribution in [1.29, 1.82) is 0 Å². The third kappa shape index (κ3) is 3.31.